The SMILES string of the molecule is CC1CCNCC1NC(=O)c1ccc(CSc2ccccc2)cc1.Cl. The van der Waals surface area contributed by atoms with Crippen molar-refractivity contribution in [3.05, 3.63) is 65.7 Å². The fourth-order valence-electron chi connectivity index (χ4n) is 2.87. The van der Waals surface area contributed by atoms with Crippen LogP contribution in [-0.4, -0.2) is 25.0 Å². The van der Waals surface area contributed by atoms with Gasteiger partial charge in [0.05, 0.1) is 0 Å². The molecule has 2 aromatic rings. The van der Waals surface area contributed by atoms with E-state index in [9.17, 15) is 4.79 Å². The highest BCUT2D eigenvalue weighted by atomic mass is 35.5. The minimum atomic E-state index is 0. The van der Waals surface area contributed by atoms with Crippen LogP contribution in [-0.2, 0) is 5.75 Å². The van der Waals surface area contributed by atoms with Crippen LogP contribution in [0.4, 0.5) is 0 Å². The number of nitrogens with one attached hydrogen (secondary N) is 2. The number of amides is 1. The highest BCUT2D eigenvalue weighted by molar-refractivity contribution is 7.98. The maximum absolute atomic E-state index is 12.4. The lowest BCUT2D eigenvalue weighted by atomic mass is 9.94. The first-order valence-corrected chi connectivity index (χ1v) is 9.49. The zero-order valence-corrected chi connectivity index (χ0v) is 16.0. The Labute approximate surface area is 160 Å². The number of benzene rings is 2. The summed E-state index contributed by atoms with van der Waals surface area (Å²) in [5, 5.41) is 6.50. The molecule has 0 aliphatic carbocycles. The second kappa shape index (κ2) is 9.85. The van der Waals surface area contributed by atoms with Crippen LogP contribution in [0.15, 0.2) is 59.5 Å². The molecule has 25 heavy (non-hydrogen) atoms. The molecule has 1 aliphatic rings. The van der Waals surface area contributed by atoms with Gasteiger partial charge in [0.25, 0.3) is 5.91 Å². The molecular weight excluding hydrogens is 352 g/mol. The van der Waals surface area contributed by atoms with Gasteiger partial charge in [-0.05, 0) is 48.7 Å². The van der Waals surface area contributed by atoms with E-state index in [1.807, 2.05) is 42.1 Å². The first-order valence-electron chi connectivity index (χ1n) is 8.51. The first kappa shape index (κ1) is 19.8. The van der Waals surface area contributed by atoms with Crippen molar-refractivity contribution in [2.75, 3.05) is 13.1 Å². The molecule has 2 atom stereocenters. The van der Waals surface area contributed by atoms with Gasteiger partial charge in [-0.15, -0.1) is 24.2 Å². The summed E-state index contributed by atoms with van der Waals surface area (Å²) in [4.78, 5) is 13.7. The number of thioether (sulfide) groups is 1. The maximum atomic E-state index is 12.4. The zero-order chi connectivity index (χ0) is 16.8. The topological polar surface area (TPSA) is 41.1 Å². The molecule has 0 radical (unpaired) electrons. The van der Waals surface area contributed by atoms with Gasteiger partial charge in [0.15, 0.2) is 0 Å². The number of hydrogen-bond donors (Lipinski definition) is 2. The average Bonchev–Trinajstić information content (AvgIpc) is 2.63. The molecule has 0 saturated carbocycles. The molecule has 1 fully saturated rings. The van der Waals surface area contributed by atoms with Crippen molar-refractivity contribution in [1.29, 1.82) is 0 Å². The van der Waals surface area contributed by atoms with Crippen molar-refractivity contribution in [2.45, 2.75) is 30.0 Å². The Hall–Kier alpha value is -1.49. The Balaban J connectivity index is 0.00000225. The third-order valence-corrected chi connectivity index (χ3v) is 5.59. The van der Waals surface area contributed by atoms with E-state index < -0.39 is 0 Å². The molecule has 2 unspecified atom stereocenters. The van der Waals surface area contributed by atoms with Crippen LogP contribution in [0.2, 0.25) is 0 Å². The minimum absolute atomic E-state index is 0. The van der Waals surface area contributed by atoms with Crippen molar-refractivity contribution >= 4 is 30.1 Å². The molecule has 0 spiro atoms. The molecule has 1 heterocycles. The minimum Gasteiger partial charge on any atom is -0.348 e. The first-order chi connectivity index (χ1) is 11.7. The molecule has 5 heteroatoms. The number of piperidine rings is 1. The average molecular weight is 377 g/mol. The summed E-state index contributed by atoms with van der Waals surface area (Å²) in [7, 11) is 0. The van der Waals surface area contributed by atoms with E-state index in [4.69, 9.17) is 0 Å². The van der Waals surface area contributed by atoms with Crippen molar-refractivity contribution in [1.82, 2.24) is 10.6 Å². The van der Waals surface area contributed by atoms with E-state index >= 15 is 0 Å². The largest absolute Gasteiger partial charge is 0.348 e. The van der Waals surface area contributed by atoms with Gasteiger partial charge in [0, 0.05) is 28.8 Å². The fraction of sp³-hybridized carbons (Fsp3) is 0.350. The molecule has 1 amide bonds. The second-order valence-corrected chi connectivity index (χ2v) is 7.40. The van der Waals surface area contributed by atoms with Crippen LogP contribution < -0.4 is 10.6 Å². The number of carbonyl (C=O) groups is 1. The zero-order valence-electron chi connectivity index (χ0n) is 14.4. The van der Waals surface area contributed by atoms with Gasteiger partial charge in [0.1, 0.15) is 0 Å². The monoisotopic (exact) mass is 376 g/mol. The molecule has 3 nitrogen and oxygen atoms in total. The van der Waals surface area contributed by atoms with E-state index in [0.717, 1.165) is 30.8 Å². The van der Waals surface area contributed by atoms with Crippen molar-refractivity contribution < 1.29 is 4.79 Å². The lowest BCUT2D eigenvalue weighted by molar-refractivity contribution is 0.0915. The molecule has 0 bridgehead atoms. The predicted octanol–water partition coefficient (Wildman–Crippen LogP) is 4.13. The quantitative estimate of drug-likeness (QED) is 0.771. The number of carbonyl (C=O) groups excluding carboxylic acids is 1. The van der Waals surface area contributed by atoms with E-state index in [0.29, 0.717) is 5.92 Å². The molecule has 1 saturated heterocycles. The molecule has 134 valence electrons. The van der Waals surface area contributed by atoms with Crippen LogP contribution >= 0.6 is 24.2 Å². The third-order valence-electron chi connectivity index (χ3n) is 4.51. The van der Waals surface area contributed by atoms with E-state index in [1.54, 1.807) is 0 Å². The maximum Gasteiger partial charge on any atom is 0.251 e. The van der Waals surface area contributed by atoms with Crippen molar-refractivity contribution in [2.24, 2.45) is 5.92 Å². The summed E-state index contributed by atoms with van der Waals surface area (Å²) in [5.74, 6) is 1.46. The van der Waals surface area contributed by atoms with Crippen LogP contribution in [0.5, 0.6) is 0 Å². The van der Waals surface area contributed by atoms with Crippen LogP contribution in [0.25, 0.3) is 0 Å². The summed E-state index contributed by atoms with van der Waals surface area (Å²) in [6.07, 6.45) is 1.11. The molecule has 2 aromatic carbocycles. The second-order valence-electron chi connectivity index (χ2n) is 6.35. The highest BCUT2D eigenvalue weighted by Crippen LogP contribution is 2.22. The van der Waals surface area contributed by atoms with Crippen LogP contribution in [0.1, 0.15) is 29.3 Å². The normalized spacial score (nSPS) is 19.7. The van der Waals surface area contributed by atoms with Gasteiger partial charge >= 0.3 is 0 Å². The van der Waals surface area contributed by atoms with Gasteiger partial charge < -0.3 is 10.6 Å². The Morgan fingerprint density at radius 3 is 2.56 bits per heavy atom. The standard InChI is InChI=1S/C20H24N2OS.ClH/c1-15-11-12-21-13-19(15)22-20(23)17-9-7-16(8-10-17)14-24-18-5-3-2-4-6-18;/h2-10,15,19,21H,11-14H2,1H3,(H,22,23);1H. The summed E-state index contributed by atoms with van der Waals surface area (Å²) in [6, 6.07) is 18.5. The molecular formula is C20H25ClN2OS. The van der Waals surface area contributed by atoms with Crippen molar-refractivity contribution in [3.63, 3.8) is 0 Å². The summed E-state index contributed by atoms with van der Waals surface area (Å²) in [6.45, 7) is 4.11. The molecule has 3 rings (SSSR count). The molecule has 2 N–H and O–H groups in total. The summed E-state index contributed by atoms with van der Waals surface area (Å²) >= 11 is 1.81. The predicted molar refractivity (Wildman–Crippen MR) is 108 cm³/mol. The lowest BCUT2D eigenvalue weighted by Crippen LogP contribution is -2.50. The van der Waals surface area contributed by atoms with Gasteiger partial charge in [-0.3, -0.25) is 4.79 Å². The lowest BCUT2D eigenvalue weighted by Gasteiger charge is -2.30. The summed E-state index contributed by atoms with van der Waals surface area (Å²) < 4.78 is 0. The van der Waals surface area contributed by atoms with Crippen LogP contribution in [0, 0.1) is 5.92 Å². The van der Waals surface area contributed by atoms with Gasteiger partial charge in [0.2, 0.25) is 0 Å². The molecule has 1 aliphatic heterocycles. The third kappa shape index (κ3) is 5.77. The Bertz CT molecular complexity index is 663. The Morgan fingerprint density at radius 2 is 1.88 bits per heavy atom. The van der Waals surface area contributed by atoms with Gasteiger partial charge in [-0.2, -0.15) is 0 Å². The smallest absolute Gasteiger partial charge is 0.251 e. The van der Waals surface area contributed by atoms with Crippen LogP contribution in [0.3, 0.4) is 0 Å². The highest BCUT2D eigenvalue weighted by Gasteiger charge is 2.22. The fourth-order valence-corrected chi connectivity index (χ4v) is 3.75. The number of hydrogen-bond acceptors (Lipinski definition) is 3. The Kier molecular flexibility index (Phi) is 7.82. The van der Waals surface area contributed by atoms with Crippen molar-refractivity contribution in [3.8, 4) is 0 Å². The summed E-state index contributed by atoms with van der Waals surface area (Å²) in [5.41, 5.74) is 1.97. The van der Waals surface area contributed by atoms with E-state index in [-0.39, 0.29) is 24.4 Å². The number of halogens is 1. The Morgan fingerprint density at radius 1 is 1.16 bits per heavy atom. The van der Waals surface area contributed by atoms with Gasteiger partial charge in [-0.1, -0.05) is 37.3 Å². The van der Waals surface area contributed by atoms with Gasteiger partial charge in [-0.25, -0.2) is 0 Å². The van der Waals surface area contributed by atoms with E-state index in [2.05, 4.69) is 41.8 Å². The van der Waals surface area contributed by atoms with E-state index in [1.165, 1.54) is 10.5 Å². The molecule has 0 aromatic heterocycles. The number of rotatable bonds is 5.